The SMILES string of the molecule is C1=C\CC/C=C\CC/1.C=Cc1ccc2c(-c3c(P(c4ccccc4)c4ccccc4)ccc4ccccc34)c(P(c3ccccc3)c3ccccc3)ccc2c1.F[B-](F)(F)F.[Rh]. The van der Waals surface area contributed by atoms with Gasteiger partial charge >= 0.3 is 7.25 Å². The van der Waals surface area contributed by atoms with Crippen molar-refractivity contribution in [3.63, 3.8) is 0 Å². The Morgan fingerprint density at radius 3 is 1.13 bits per heavy atom. The molecule has 0 atom stereocenters. The minimum Gasteiger partial charge on any atom is -0.418 e. The zero-order valence-electron chi connectivity index (χ0n) is 34.1. The maximum absolute atomic E-state index is 9.75. The molecule has 0 bridgehead atoms. The molecule has 1 radical (unpaired) electrons. The average molecular weight is 947 g/mol. The van der Waals surface area contributed by atoms with Crippen molar-refractivity contribution < 1.29 is 36.7 Å². The molecule has 0 nitrogen and oxygen atoms in total. The van der Waals surface area contributed by atoms with Crippen LogP contribution in [-0.4, -0.2) is 7.25 Å². The summed E-state index contributed by atoms with van der Waals surface area (Å²) < 4.78 is 39.0. The first-order chi connectivity index (χ1) is 29.8. The van der Waals surface area contributed by atoms with Crippen LogP contribution in [0.1, 0.15) is 31.2 Å². The fraction of sp³-hybridized carbons (Fsp3) is 0.0741. The molecule has 8 aromatic rings. The van der Waals surface area contributed by atoms with Crippen molar-refractivity contribution in [2.75, 3.05) is 0 Å². The van der Waals surface area contributed by atoms with E-state index in [1.807, 2.05) is 6.08 Å². The van der Waals surface area contributed by atoms with E-state index in [4.69, 9.17) is 0 Å². The van der Waals surface area contributed by atoms with Gasteiger partial charge in [0.15, 0.2) is 0 Å². The Balaban J connectivity index is 0.000000397. The van der Waals surface area contributed by atoms with Crippen molar-refractivity contribution in [1.29, 1.82) is 0 Å². The van der Waals surface area contributed by atoms with Gasteiger partial charge in [-0.2, -0.15) is 0 Å². The molecule has 0 spiro atoms. The predicted molar refractivity (Wildman–Crippen MR) is 261 cm³/mol. The van der Waals surface area contributed by atoms with Crippen molar-refractivity contribution in [1.82, 2.24) is 0 Å². The quantitative estimate of drug-likeness (QED) is 0.0616. The number of halogens is 4. The molecule has 0 fully saturated rings. The summed E-state index contributed by atoms with van der Waals surface area (Å²) in [5.74, 6) is 0. The van der Waals surface area contributed by atoms with Crippen molar-refractivity contribution in [2.45, 2.75) is 25.7 Å². The molecule has 0 saturated carbocycles. The first-order valence-corrected chi connectivity index (χ1v) is 23.2. The number of benzene rings is 8. The van der Waals surface area contributed by atoms with E-state index in [-0.39, 0.29) is 19.5 Å². The van der Waals surface area contributed by atoms with Crippen molar-refractivity contribution in [2.24, 2.45) is 0 Å². The number of hydrogen-bond acceptors (Lipinski definition) is 0. The normalized spacial score (nSPS) is 13.4. The Bertz CT molecular complexity index is 2610. The zero-order valence-corrected chi connectivity index (χ0v) is 37.6. The van der Waals surface area contributed by atoms with Crippen LogP contribution in [0.25, 0.3) is 38.7 Å². The van der Waals surface area contributed by atoms with Gasteiger partial charge < -0.3 is 17.3 Å². The van der Waals surface area contributed by atoms with Gasteiger partial charge in [-0.3, -0.25) is 0 Å². The van der Waals surface area contributed by atoms with E-state index < -0.39 is 23.1 Å². The molecule has 0 N–H and O–H groups in total. The maximum atomic E-state index is 9.75. The average Bonchev–Trinajstić information content (AvgIpc) is 3.27. The third-order valence-corrected chi connectivity index (χ3v) is 15.3. The second kappa shape index (κ2) is 22.7. The molecule has 0 heterocycles. The summed E-state index contributed by atoms with van der Waals surface area (Å²) in [7, 11) is -7.76. The van der Waals surface area contributed by atoms with Gasteiger partial charge in [0, 0.05) is 19.5 Å². The van der Waals surface area contributed by atoms with Crippen LogP contribution in [0, 0.1) is 0 Å². The first-order valence-electron chi connectivity index (χ1n) is 20.5. The van der Waals surface area contributed by atoms with E-state index >= 15 is 0 Å². The summed E-state index contributed by atoms with van der Waals surface area (Å²) in [6.45, 7) is 4.09. The van der Waals surface area contributed by atoms with Crippen molar-refractivity contribution in [3.8, 4) is 11.1 Å². The monoisotopic (exact) mass is 946 g/mol. The Labute approximate surface area is 378 Å². The van der Waals surface area contributed by atoms with Crippen LogP contribution in [0.2, 0.25) is 0 Å². The molecule has 9 rings (SSSR count). The molecule has 8 heteroatoms. The molecule has 0 aromatic heterocycles. The maximum Gasteiger partial charge on any atom is 0.673 e. The van der Waals surface area contributed by atoms with Gasteiger partial charge in [-0.05, 0) is 118 Å². The van der Waals surface area contributed by atoms with Crippen LogP contribution >= 0.6 is 15.8 Å². The molecule has 62 heavy (non-hydrogen) atoms. The first kappa shape index (κ1) is 46.3. The van der Waals surface area contributed by atoms with Crippen molar-refractivity contribution in [3.05, 3.63) is 225 Å². The number of allylic oxidation sites excluding steroid dienone is 4. The van der Waals surface area contributed by atoms with Gasteiger partial charge in [-0.1, -0.05) is 219 Å². The van der Waals surface area contributed by atoms with Crippen LogP contribution < -0.4 is 31.8 Å². The van der Waals surface area contributed by atoms with Crippen molar-refractivity contribution >= 4 is 82.5 Å². The summed E-state index contributed by atoms with van der Waals surface area (Å²) in [4.78, 5) is 0. The summed E-state index contributed by atoms with van der Waals surface area (Å²) in [5.41, 5.74) is 3.79. The summed E-state index contributed by atoms with van der Waals surface area (Å²) in [6, 6.07) is 69.6. The molecule has 8 aromatic carbocycles. The smallest absolute Gasteiger partial charge is 0.418 e. The van der Waals surface area contributed by atoms with Gasteiger partial charge in [-0.15, -0.1) is 0 Å². The number of fused-ring (bicyclic) bond motifs is 2. The Hall–Kier alpha value is -5.23. The minimum atomic E-state index is -6.00. The molecule has 313 valence electrons. The van der Waals surface area contributed by atoms with E-state index in [2.05, 4.69) is 219 Å². The Morgan fingerprint density at radius 1 is 0.403 bits per heavy atom. The molecule has 1 aliphatic rings. The topological polar surface area (TPSA) is 0 Å². The van der Waals surface area contributed by atoms with Crippen LogP contribution in [0.15, 0.2) is 219 Å². The fourth-order valence-electron chi connectivity index (χ4n) is 7.64. The third kappa shape index (κ3) is 12.0. The predicted octanol–water partition coefficient (Wildman–Crippen LogP) is 13.8. The second-order valence-corrected chi connectivity index (χ2v) is 18.8. The number of rotatable bonds is 8. The summed E-state index contributed by atoms with van der Waals surface area (Å²) in [5, 5.41) is 13.2. The van der Waals surface area contributed by atoms with E-state index in [9.17, 15) is 17.3 Å². The Morgan fingerprint density at radius 2 is 0.742 bits per heavy atom. The molecular formula is C54H46BF4P2Rh-. The fourth-order valence-corrected chi connectivity index (χ4v) is 12.6. The standard InChI is InChI=1S/C46H34P2.C8H12.BF4.Rh/c1-2-34-27-30-42-36(33-34)29-32-44(48(39-22-11-5-12-23-39)40-24-13-6-14-25-40)46(42)45-41-26-16-15-17-35(41)28-31-43(45)47(37-18-7-3-8-19-37)38-20-9-4-10-21-38;1-2-4-6-8-7-5-3-1;2-1(3,4)5;/h2-33H,1H2;1-2,7-8H,3-6H2;;/q;;-1;/b;2-1-,8-7-;;. The van der Waals surface area contributed by atoms with Gasteiger partial charge in [-0.25, -0.2) is 0 Å². The molecular weight excluding hydrogens is 900 g/mol. The van der Waals surface area contributed by atoms with E-state index in [0.29, 0.717) is 0 Å². The molecule has 0 aliphatic heterocycles. The van der Waals surface area contributed by atoms with E-state index in [1.165, 1.54) is 90.2 Å². The Kier molecular flexibility index (Phi) is 17.0. The van der Waals surface area contributed by atoms with Gasteiger partial charge in [0.25, 0.3) is 0 Å². The molecule has 0 unspecified atom stereocenters. The molecule has 0 amide bonds. The van der Waals surface area contributed by atoms with Gasteiger partial charge in [0.1, 0.15) is 0 Å². The van der Waals surface area contributed by atoms with Crippen LogP contribution in [0.5, 0.6) is 0 Å². The zero-order chi connectivity index (χ0) is 42.4. The van der Waals surface area contributed by atoms with Crippen LogP contribution in [0.4, 0.5) is 17.3 Å². The van der Waals surface area contributed by atoms with E-state index in [1.54, 1.807) is 0 Å². The van der Waals surface area contributed by atoms with E-state index in [0.717, 1.165) is 5.56 Å². The largest absolute Gasteiger partial charge is 0.673 e. The summed E-state index contributed by atoms with van der Waals surface area (Å²) >= 11 is 0. The van der Waals surface area contributed by atoms with Crippen LogP contribution in [0.3, 0.4) is 0 Å². The molecule has 1 aliphatic carbocycles. The molecule has 0 saturated heterocycles. The third-order valence-electron chi connectivity index (χ3n) is 10.3. The summed E-state index contributed by atoms with van der Waals surface area (Å²) in [6.07, 6.45) is 15.9. The number of hydrogen-bond donors (Lipinski definition) is 0. The second-order valence-electron chi connectivity index (χ2n) is 14.4. The minimum absolute atomic E-state index is 0. The van der Waals surface area contributed by atoms with Gasteiger partial charge in [0.2, 0.25) is 0 Å². The van der Waals surface area contributed by atoms with Gasteiger partial charge in [0.05, 0.1) is 0 Å². The van der Waals surface area contributed by atoms with Crippen LogP contribution in [-0.2, 0) is 19.5 Å².